The second-order valence-corrected chi connectivity index (χ2v) is 8.46. The van der Waals surface area contributed by atoms with Gasteiger partial charge in [-0.1, -0.05) is 13.8 Å². The number of hydrogen-bond donors (Lipinski definition) is 2. The topological polar surface area (TPSA) is 124 Å². The van der Waals surface area contributed by atoms with E-state index in [2.05, 4.69) is 26.5 Å². The van der Waals surface area contributed by atoms with E-state index in [1.165, 1.54) is 4.68 Å². The fourth-order valence-corrected chi connectivity index (χ4v) is 3.20. The maximum absolute atomic E-state index is 13.0. The van der Waals surface area contributed by atoms with E-state index in [1.807, 2.05) is 13.8 Å². The first-order chi connectivity index (χ1) is 14.9. The molecule has 0 spiro atoms. The number of nitriles is 1. The first kappa shape index (κ1) is 23.6. The van der Waals surface area contributed by atoms with Gasteiger partial charge in [-0.2, -0.15) is 28.5 Å². The molecule has 3 heterocycles. The van der Waals surface area contributed by atoms with E-state index in [0.29, 0.717) is 37.4 Å². The van der Waals surface area contributed by atoms with Gasteiger partial charge in [-0.15, -0.1) is 0 Å². The molecule has 1 atom stereocenters. The van der Waals surface area contributed by atoms with Gasteiger partial charge in [-0.25, -0.2) is 9.67 Å². The Morgan fingerprint density at radius 2 is 2.12 bits per heavy atom. The number of rotatable bonds is 7. The van der Waals surface area contributed by atoms with Crippen LogP contribution in [0.2, 0.25) is 0 Å². The van der Waals surface area contributed by atoms with Gasteiger partial charge in [0.15, 0.2) is 0 Å². The molecular formula is C20H26F3N7O2. The van der Waals surface area contributed by atoms with Crippen molar-refractivity contribution in [3.63, 3.8) is 0 Å². The van der Waals surface area contributed by atoms with Gasteiger partial charge in [0.2, 0.25) is 11.8 Å². The van der Waals surface area contributed by atoms with Crippen molar-refractivity contribution >= 4 is 17.5 Å². The molecule has 2 aromatic heterocycles. The summed E-state index contributed by atoms with van der Waals surface area (Å²) >= 11 is 0. The number of nitrogens with zero attached hydrogens (tertiary/aromatic N) is 5. The van der Waals surface area contributed by atoms with Crippen molar-refractivity contribution in [3.05, 3.63) is 17.5 Å². The number of ether oxygens (including phenoxy) is 2. The lowest BCUT2D eigenvalue weighted by Crippen LogP contribution is -2.27. The summed E-state index contributed by atoms with van der Waals surface area (Å²) in [7, 11) is 0. The quantitative estimate of drug-likeness (QED) is 0.649. The first-order valence-electron chi connectivity index (χ1n) is 10.2. The maximum Gasteiger partial charge on any atom is 0.421 e. The van der Waals surface area contributed by atoms with Gasteiger partial charge in [0.1, 0.15) is 22.6 Å². The number of nitrogens with one attached hydrogen (secondary N) is 1. The Morgan fingerprint density at radius 3 is 2.66 bits per heavy atom. The van der Waals surface area contributed by atoms with Crippen molar-refractivity contribution in [2.45, 2.75) is 51.7 Å². The van der Waals surface area contributed by atoms with Crippen molar-refractivity contribution in [2.24, 2.45) is 5.92 Å². The van der Waals surface area contributed by atoms with E-state index in [9.17, 15) is 18.4 Å². The van der Waals surface area contributed by atoms with Crippen LogP contribution in [0.25, 0.3) is 0 Å². The third kappa shape index (κ3) is 4.88. The normalized spacial score (nSPS) is 16.9. The third-order valence-electron chi connectivity index (χ3n) is 5.06. The van der Waals surface area contributed by atoms with Crippen LogP contribution in [0.15, 0.2) is 6.20 Å². The molecule has 0 unspecified atom stereocenters. The Hall–Kier alpha value is -3.07. The minimum Gasteiger partial charge on any atom is -0.476 e. The van der Waals surface area contributed by atoms with Crippen LogP contribution in [0, 0.1) is 17.2 Å². The number of nitrogens with two attached hydrogens (primary N) is 1. The molecule has 32 heavy (non-hydrogen) atoms. The molecule has 0 aliphatic carbocycles. The molecule has 1 aliphatic rings. The van der Waals surface area contributed by atoms with Crippen molar-refractivity contribution < 1.29 is 22.6 Å². The van der Waals surface area contributed by atoms with Gasteiger partial charge < -0.3 is 20.5 Å². The zero-order valence-electron chi connectivity index (χ0n) is 18.3. The Balaban J connectivity index is 2.04. The summed E-state index contributed by atoms with van der Waals surface area (Å²) in [6.45, 7) is 8.71. The maximum atomic E-state index is 13.0. The van der Waals surface area contributed by atoms with Gasteiger partial charge in [0.25, 0.3) is 0 Å². The lowest BCUT2D eigenvalue weighted by molar-refractivity contribution is -0.137. The molecule has 3 rings (SSSR count). The zero-order valence-corrected chi connectivity index (χ0v) is 18.3. The molecular weight excluding hydrogens is 427 g/mol. The second-order valence-electron chi connectivity index (χ2n) is 8.46. The first-order valence-corrected chi connectivity index (χ1v) is 10.2. The van der Waals surface area contributed by atoms with Crippen molar-refractivity contribution in [3.8, 4) is 11.9 Å². The average Bonchev–Trinajstić information content (AvgIpc) is 3.33. The van der Waals surface area contributed by atoms with E-state index in [0.717, 1.165) is 6.42 Å². The number of nitrogen functional groups attached to an aromatic ring is 1. The number of anilines is 3. The number of alkyl halides is 3. The van der Waals surface area contributed by atoms with Crippen LogP contribution >= 0.6 is 0 Å². The summed E-state index contributed by atoms with van der Waals surface area (Å²) < 4.78 is 52.0. The molecule has 0 saturated carbocycles. The summed E-state index contributed by atoms with van der Waals surface area (Å²) in [6, 6.07) is 2.19. The molecule has 3 N–H and O–H groups in total. The van der Waals surface area contributed by atoms with Crippen LogP contribution in [0.4, 0.5) is 30.6 Å². The van der Waals surface area contributed by atoms with Crippen LogP contribution in [0.3, 0.4) is 0 Å². The van der Waals surface area contributed by atoms with Gasteiger partial charge in [-0.3, -0.25) is 0 Å². The Bertz CT molecular complexity index is 1010. The molecule has 1 saturated heterocycles. The third-order valence-corrected chi connectivity index (χ3v) is 5.06. The molecule has 1 aliphatic heterocycles. The lowest BCUT2D eigenvalue weighted by atomic mass is 10.1. The smallest absolute Gasteiger partial charge is 0.421 e. The van der Waals surface area contributed by atoms with E-state index in [-0.39, 0.29) is 23.7 Å². The van der Waals surface area contributed by atoms with Gasteiger partial charge >= 0.3 is 6.18 Å². The van der Waals surface area contributed by atoms with E-state index < -0.39 is 23.1 Å². The highest BCUT2D eigenvalue weighted by Gasteiger charge is 2.35. The van der Waals surface area contributed by atoms with Crippen LogP contribution in [-0.2, 0) is 16.5 Å². The summed E-state index contributed by atoms with van der Waals surface area (Å²) in [5.74, 6) is -0.486. The fourth-order valence-electron chi connectivity index (χ4n) is 3.20. The molecule has 0 bridgehead atoms. The minimum atomic E-state index is -4.66. The standard InChI is InChI=1S/C20H26F3N7O2/c1-11(2)14-15(27-18-26-7-13(16(25)28-18)20(21,22)23)17(30(29-14)19(3,4)10-24)32-9-12-5-6-31-8-12/h7,11-12H,5-6,8-9H2,1-4H3,(H3,25,26,27,28)/t12-/m0/s1. The Morgan fingerprint density at radius 1 is 1.41 bits per heavy atom. The fraction of sp³-hybridized carbons (Fsp3) is 0.600. The molecule has 1 fully saturated rings. The molecule has 0 aromatic carbocycles. The molecule has 0 radical (unpaired) electrons. The highest BCUT2D eigenvalue weighted by atomic mass is 19.4. The largest absolute Gasteiger partial charge is 0.476 e. The van der Waals surface area contributed by atoms with Crippen LogP contribution in [0.5, 0.6) is 5.88 Å². The molecule has 9 nitrogen and oxygen atoms in total. The summed E-state index contributed by atoms with van der Waals surface area (Å²) in [5.41, 5.74) is 4.27. The Kier molecular flexibility index (Phi) is 6.50. The number of aromatic nitrogens is 4. The summed E-state index contributed by atoms with van der Waals surface area (Å²) in [4.78, 5) is 7.54. The predicted molar refractivity (Wildman–Crippen MR) is 110 cm³/mol. The predicted octanol–water partition coefficient (Wildman–Crippen LogP) is 3.82. The van der Waals surface area contributed by atoms with Crippen molar-refractivity contribution in [1.82, 2.24) is 19.7 Å². The van der Waals surface area contributed by atoms with E-state index >= 15 is 0 Å². The van der Waals surface area contributed by atoms with Crippen LogP contribution < -0.4 is 15.8 Å². The summed E-state index contributed by atoms with van der Waals surface area (Å²) in [6.07, 6.45) is -3.20. The molecule has 174 valence electrons. The van der Waals surface area contributed by atoms with Gasteiger partial charge in [-0.05, 0) is 26.2 Å². The van der Waals surface area contributed by atoms with Gasteiger partial charge in [0.05, 0.1) is 25.0 Å². The van der Waals surface area contributed by atoms with Crippen LogP contribution in [0.1, 0.15) is 51.3 Å². The van der Waals surface area contributed by atoms with Crippen molar-refractivity contribution in [1.29, 1.82) is 5.26 Å². The molecule has 2 aromatic rings. The number of halogens is 3. The highest BCUT2D eigenvalue weighted by molar-refractivity contribution is 5.65. The van der Waals surface area contributed by atoms with Crippen molar-refractivity contribution in [2.75, 3.05) is 30.9 Å². The van der Waals surface area contributed by atoms with Crippen LogP contribution in [-0.4, -0.2) is 39.6 Å². The number of hydrogen-bond acceptors (Lipinski definition) is 8. The molecule has 0 amide bonds. The second kappa shape index (κ2) is 8.82. The lowest BCUT2D eigenvalue weighted by Gasteiger charge is -2.21. The van der Waals surface area contributed by atoms with E-state index in [1.54, 1.807) is 13.8 Å². The monoisotopic (exact) mass is 453 g/mol. The summed E-state index contributed by atoms with van der Waals surface area (Å²) in [5, 5.41) is 17.2. The zero-order chi connectivity index (χ0) is 23.7. The minimum absolute atomic E-state index is 0.0998. The van der Waals surface area contributed by atoms with E-state index in [4.69, 9.17) is 15.2 Å². The van der Waals surface area contributed by atoms with Gasteiger partial charge in [0, 0.05) is 18.7 Å². The molecule has 12 heteroatoms. The SMILES string of the molecule is CC(C)c1nn(C(C)(C)C#N)c(OC[C@H]2CCOC2)c1Nc1ncc(C(F)(F)F)c(N)n1. The highest BCUT2D eigenvalue weighted by Crippen LogP contribution is 2.39. The average molecular weight is 453 g/mol. The Labute approximate surface area is 183 Å².